The number of ether oxygens (including phenoxy) is 1. The number of anilines is 2. The van der Waals surface area contributed by atoms with Gasteiger partial charge in [0, 0.05) is 6.54 Å². The predicted molar refractivity (Wildman–Crippen MR) is 80.7 cm³/mol. The fourth-order valence-electron chi connectivity index (χ4n) is 1.48. The highest BCUT2D eigenvalue weighted by molar-refractivity contribution is 7.99. The maximum Gasteiger partial charge on any atom is 0.340 e. The molecule has 1 aromatic rings. The Bertz CT molecular complexity index is 413. The molecule has 0 aliphatic heterocycles. The number of hydrogen-bond acceptors (Lipinski definition) is 6. The molecule has 0 spiro atoms. The summed E-state index contributed by atoms with van der Waals surface area (Å²) < 4.78 is 4.94. The van der Waals surface area contributed by atoms with E-state index < -0.39 is 5.97 Å². The maximum absolute atomic E-state index is 11.7. The number of rotatable bonds is 8. The van der Waals surface area contributed by atoms with Gasteiger partial charge in [0.25, 0.3) is 0 Å². The summed E-state index contributed by atoms with van der Waals surface area (Å²) >= 11 is 1.91. The van der Waals surface area contributed by atoms with Crippen LogP contribution in [0.25, 0.3) is 0 Å². The van der Waals surface area contributed by atoms with E-state index in [1.807, 2.05) is 11.8 Å². The first-order chi connectivity index (χ1) is 9.19. The number of nitrogens with one attached hydrogen (secondary N) is 1. The van der Waals surface area contributed by atoms with Crippen molar-refractivity contribution in [2.45, 2.75) is 20.3 Å². The van der Waals surface area contributed by atoms with Crippen LogP contribution >= 0.6 is 11.8 Å². The van der Waals surface area contributed by atoms with Crippen molar-refractivity contribution in [1.82, 2.24) is 4.98 Å². The Labute approximate surface area is 118 Å². The molecule has 106 valence electrons. The van der Waals surface area contributed by atoms with Gasteiger partial charge in [-0.25, -0.2) is 9.78 Å². The van der Waals surface area contributed by atoms with Crippen LogP contribution in [0, 0.1) is 0 Å². The van der Waals surface area contributed by atoms with Crippen molar-refractivity contribution in [1.29, 1.82) is 0 Å². The number of aromatic nitrogens is 1. The molecule has 1 rings (SSSR count). The Hall–Kier alpha value is -1.43. The van der Waals surface area contributed by atoms with E-state index in [1.54, 1.807) is 13.0 Å². The van der Waals surface area contributed by atoms with Crippen LogP contribution in [0.3, 0.4) is 0 Å². The number of hydrogen-bond donors (Lipinski definition) is 2. The topological polar surface area (TPSA) is 77.2 Å². The highest BCUT2D eigenvalue weighted by Crippen LogP contribution is 2.16. The lowest BCUT2D eigenvalue weighted by Crippen LogP contribution is -2.11. The van der Waals surface area contributed by atoms with E-state index in [-0.39, 0.29) is 0 Å². The molecule has 0 bridgehead atoms. The first-order valence-corrected chi connectivity index (χ1v) is 7.58. The first kappa shape index (κ1) is 15.6. The van der Waals surface area contributed by atoms with Crippen molar-refractivity contribution in [2.24, 2.45) is 0 Å². The normalized spacial score (nSPS) is 10.2. The van der Waals surface area contributed by atoms with Gasteiger partial charge in [0.15, 0.2) is 0 Å². The molecule has 0 amide bonds. The summed E-state index contributed by atoms with van der Waals surface area (Å²) in [5.74, 6) is 2.49. The molecular weight excluding hydrogens is 262 g/mol. The zero-order valence-corrected chi connectivity index (χ0v) is 12.3. The molecule has 0 aromatic carbocycles. The van der Waals surface area contributed by atoms with Crippen LogP contribution in [0.4, 0.5) is 11.5 Å². The van der Waals surface area contributed by atoms with Crippen molar-refractivity contribution in [3.8, 4) is 0 Å². The number of nitrogens with zero attached hydrogens (tertiary/aromatic N) is 1. The summed E-state index contributed by atoms with van der Waals surface area (Å²) in [5, 5.41) is 3.18. The van der Waals surface area contributed by atoms with Gasteiger partial charge in [-0.05, 0) is 30.9 Å². The molecule has 0 unspecified atom stereocenters. The Kier molecular flexibility index (Phi) is 7.10. The van der Waals surface area contributed by atoms with Crippen molar-refractivity contribution >= 4 is 29.2 Å². The second-order valence-corrected chi connectivity index (χ2v) is 5.25. The van der Waals surface area contributed by atoms with Crippen LogP contribution in [-0.2, 0) is 4.74 Å². The summed E-state index contributed by atoms with van der Waals surface area (Å²) in [6, 6.07) is 1.64. The number of carbonyl (C=O) groups is 1. The van der Waals surface area contributed by atoms with E-state index in [0.717, 1.165) is 24.5 Å². The lowest BCUT2D eigenvalue weighted by molar-refractivity contribution is 0.0527. The molecule has 0 saturated heterocycles. The Morgan fingerprint density at radius 2 is 2.32 bits per heavy atom. The van der Waals surface area contributed by atoms with Crippen molar-refractivity contribution < 1.29 is 9.53 Å². The molecule has 3 N–H and O–H groups in total. The molecule has 0 saturated carbocycles. The Balaban J connectivity index is 2.55. The standard InChI is InChI=1S/C13H21N3O2S/c1-3-18-13(17)10-8-12(16-9-11(10)14)15-6-5-7-19-4-2/h8-9H,3-7,14H2,1-2H3,(H,15,16). The van der Waals surface area contributed by atoms with Crippen molar-refractivity contribution in [3.63, 3.8) is 0 Å². The van der Waals surface area contributed by atoms with E-state index in [0.29, 0.717) is 23.7 Å². The highest BCUT2D eigenvalue weighted by atomic mass is 32.2. The lowest BCUT2D eigenvalue weighted by Gasteiger charge is -2.09. The van der Waals surface area contributed by atoms with Gasteiger partial charge in [0.05, 0.1) is 24.1 Å². The average molecular weight is 283 g/mol. The number of carbonyl (C=O) groups excluding carboxylic acids is 1. The number of nitrogens with two attached hydrogens (primary N) is 1. The second kappa shape index (κ2) is 8.63. The quantitative estimate of drug-likeness (QED) is 0.563. The molecule has 0 atom stereocenters. The molecule has 0 aliphatic rings. The highest BCUT2D eigenvalue weighted by Gasteiger charge is 2.12. The number of esters is 1. The Morgan fingerprint density at radius 1 is 1.53 bits per heavy atom. The van der Waals surface area contributed by atoms with Crippen molar-refractivity contribution in [3.05, 3.63) is 17.8 Å². The zero-order chi connectivity index (χ0) is 14.1. The molecule has 0 aliphatic carbocycles. The minimum atomic E-state index is -0.410. The minimum Gasteiger partial charge on any atom is -0.462 e. The van der Waals surface area contributed by atoms with Crippen molar-refractivity contribution in [2.75, 3.05) is 35.7 Å². The van der Waals surface area contributed by atoms with Gasteiger partial charge in [-0.1, -0.05) is 6.92 Å². The monoisotopic (exact) mass is 283 g/mol. The van der Waals surface area contributed by atoms with E-state index in [9.17, 15) is 4.79 Å². The number of thioether (sulfide) groups is 1. The Morgan fingerprint density at radius 3 is 3.00 bits per heavy atom. The molecule has 5 nitrogen and oxygen atoms in total. The van der Waals surface area contributed by atoms with E-state index >= 15 is 0 Å². The predicted octanol–water partition coefficient (Wildman–Crippen LogP) is 2.40. The second-order valence-electron chi connectivity index (χ2n) is 3.85. The molecule has 1 heterocycles. The fourth-order valence-corrected chi connectivity index (χ4v) is 2.12. The van der Waals surface area contributed by atoms with Crippen LogP contribution in [0.15, 0.2) is 12.3 Å². The van der Waals surface area contributed by atoms with E-state index in [2.05, 4.69) is 17.2 Å². The zero-order valence-electron chi connectivity index (χ0n) is 11.4. The van der Waals surface area contributed by atoms with Crippen LogP contribution in [0.5, 0.6) is 0 Å². The van der Waals surface area contributed by atoms with Crippen LogP contribution in [0.1, 0.15) is 30.6 Å². The summed E-state index contributed by atoms with van der Waals surface area (Å²) in [6.45, 7) is 5.06. The molecular formula is C13H21N3O2S. The van der Waals surface area contributed by atoms with Crippen LogP contribution in [-0.4, -0.2) is 35.6 Å². The summed E-state index contributed by atoms with van der Waals surface area (Å²) in [5.41, 5.74) is 6.42. The van der Waals surface area contributed by atoms with Gasteiger partial charge in [0.2, 0.25) is 0 Å². The summed E-state index contributed by atoms with van der Waals surface area (Å²) in [6.07, 6.45) is 2.54. The molecule has 0 fully saturated rings. The summed E-state index contributed by atoms with van der Waals surface area (Å²) in [4.78, 5) is 15.8. The first-order valence-electron chi connectivity index (χ1n) is 6.43. The number of pyridine rings is 1. The minimum absolute atomic E-state index is 0.331. The SMILES string of the molecule is CCOC(=O)c1cc(NCCCSCC)ncc1N. The van der Waals surface area contributed by atoms with Gasteiger partial charge in [-0.2, -0.15) is 11.8 Å². The third-order valence-corrected chi connectivity index (χ3v) is 3.39. The van der Waals surface area contributed by atoms with Gasteiger partial charge in [-0.15, -0.1) is 0 Å². The largest absolute Gasteiger partial charge is 0.462 e. The molecule has 0 radical (unpaired) electrons. The lowest BCUT2D eigenvalue weighted by atomic mass is 10.2. The molecule has 1 aromatic heterocycles. The fraction of sp³-hybridized carbons (Fsp3) is 0.538. The van der Waals surface area contributed by atoms with Gasteiger partial charge in [-0.3, -0.25) is 0 Å². The van der Waals surface area contributed by atoms with Gasteiger partial charge >= 0.3 is 5.97 Å². The van der Waals surface area contributed by atoms with Crippen LogP contribution < -0.4 is 11.1 Å². The van der Waals surface area contributed by atoms with Gasteiger partial charge in [0.1, 0.15) is 5.82 Å². The van der Waals surface area contributed by atoms with Crippen LogP contribution in [0.2, 0.25) is 0 Å². The van der Waals surface area contributed by atoms with E-state index in [4.69, 9.17) is 10.5 Å². The molecule has 19 heavy (non-hydrogen) atoms. The van der Waals surface area contributed by atoms with E-state index in [1.165, 1.54) is 6.20 Å². The average Bonchev–Trinajstić information content (AvgIpc) is 2.40. The summed E-state index contributed by atoms with van der Waals surface area (Å²) in [7, 11) is 0. The maximum atomic E-state index is 11.7. The third-order valence-electron chi connectivity index (χ3n) is 2.41. The number of nitrogen functional groups attached to an aromatic ring is 1. The molecule has 6 heteroatoms. The smallest absolute Gasteiger partial charge is 0.340 e. The van der Waals surface area contributed by atoms with Gasteiger partial charge < -0.3 is 15.8 Å². The third kappa shape index (κ3) is 5.38.